The summed E-state index contributed by atoms with van der Waals surface area (Å²) in [6.07, 6.45) is 1.72. The molecule has 3 aromatic rings. The van der Waals surface area contributed by atoms with Crippen LogP contribution in [0.4, 0.5) is 5.69 Å². The second-order valence-corrected chi connectivity index (χ2v) is 6.76. The molecule has 0 unspecified atom stereocenters. The van der Waals surface area contributed by atoms with Gasteiger partial charge in [0.15, 0.2) is 5.69 Å². The van der Waals surface area contributed by atoms with Crippen molar-refractivity contribution in [3.63, 3.8) is 0 Å². The highest BCUT2D eigenvalue weighted by molar-refractivity contribution is 6.06. The van der Waals surface area contributed by atoms with Gasteiger partial charge in [0.2, 0.25) is 5.82 Å². The number of hydrogen-bond donors (Lipinski definition) is 2. The van der Waals surface area contributed by atoms with Crippen LogP contribution < -0.4 is 15.4 Å². The molecule has 7 nitrogen and oxygen atoms in total. The number of carbonyl (C=O) groups excluding carboxylic acids is 2. The SMILES string of the molecule is CCOc1ccc(NC(=O)c2nc(C(=O)NCC(C)C)c3ccccn23)cc1. The van der Waals surface area contributed by atoms with Gasteiger partial charge in [-0.2, -0.15) is 0 Å². The van der Waals surface area contributed by atoms with E-state index in [9.17, 15) is 9.59 Å². The van der Waals surface area contributed by atoms with E-state index in [1.54, 1.807) is 47.0 Å². The molecule has 3 rings (SSSR count). The molecule has 0 spiro atoms. The molecule has 0 bridgehead atoms. The fourth-order valence-corrected chi connectivity index (χ4v) is 2.73. The van der Waals surface area contributed by atoms with Gasteiger partial charge in [0.05, 0.1) is 12.1 Å². The Morgan fingerprint density at radius 1 is 1.11 bits per heavy atom. The molecule has 2 amide bonds. The van der Waals surface area contributed by atoms with Crippen molar-refractivity contribution in [3.05, 3.63) is 60.2 Å². The first-order valence-corrected chi connectivity index (χ1v) is 9.29. The van der Waals surface area contributed by atoms with Gasteiger partial charge in [-0.15, -0.1) is 0 Å². The number of nitrogens with one attached hydrogen (secondary N) is 2. The topological polar surface area (TPSA) is 84.7 Å². The van der Waals surface area contributed by atoms with Crippen LogP contribution in [0, 0.1) is 5.92 Å². The van der Waals surface area contributed by atoms with Gasteiger partial charge >= 0.3 is 0 Å². The zero-order chi connectivity index (χ0) is 20.1. The van der Waals surface area contributed by atoms with Crippen molar-refractivity contribution in [1.82, 2.24) is 14.7 Å². The average Bonchev–Trinajstić information content (AvgIpc) is 3.08. The molecule has 0 saturated heterocycles. The molecule has 7 heteroatoms. The quantitative estimate of drug-likeness (QED) is 0.658. The maximum Gasteiger partial charge on any atom is 0.292 e. The molecule has 2 N–H and O–H groups in total. The van der Waals surface area contributed by atoms with Crippen molar-refractivity contribution in [3.8, 4) is 5.75 Å². The average molecular weight is 380 g/mol. The Hall–Kier alpha value is -3.35. The molecular weight excluding hydrogens is 356 g/mol. The predicted octanol–water partition coefficient (Wildman–Crippen LogP) is 3.37. The number of amides is 2. The summed E-state index contributed by atoms with van der Waals surface area (Å²) in [5.41, 5.74) is 1.44. The van der Waals surface area contributed by atoms with Crippen LogP contribution in [0.25, 0.3) is 5.52 Å². The minimum absolute atomic E-state index is 0.152. The van der Waals surface area contributed by atoms with Crippen molar-refractivity contribution < 1.29 is 14.3 Å². The number of pyridine rings is 1. The third-order valence-corrected chi connectivity index (χ3v) is 4.06. The van der Waals surface area contributed by atoms with Crippen molar-refractivity contribution >= 4 is 23.0 Å². The molecule has 146 valence electrons. The van der Waals surface area contributed by atoms with Crippen LogP contribution in [0.3, 0.4) is 0 Å². The minimum Gasteiger partial charge on any atom is -0.494 e. The van der Waals surface area contributed by atoms with E-state index in [2.05, 4.69) is 15.6 Å². The van der Waals surface area contributed by atoms with Gasteiger partial charge in [0.1, 0.15) is 5.75 Å². The largest absolute Gasteiger partial charge is 0.494 e. The number of imidazole rings is 1. The Morgan fingerprint density at radius 2 is 1.86 bits per heavy atom. The maximum atomic E-state index is 12.8. The van der Waals surface area contributed by atoms with E-state index < -0.39 is 5.91 Å². The van der Waals surface area contributed by atoms with Crippen LogP contribution in [-0.4, -0.2) is 34.4 Å². The molecule has 0 aliphatic carbocycles. The Balaban J connectivity index is 1.85. The highest BCUT2D eigenvalue weighted by Gasteiger charge is 2.21. The number of benzene rings is 1. The first kappa shape index (κ1) is 19.4. The summed E-state index contributed by atoms with van der Waals surface area (Å²) in [6.45, 7) is 7.06. The number of ether oxygens (including phenoxy) is 1. The monoisotopic (exact) mass is 380 g/mol. The number of nitrogens with zero attached hydrogens (tertiary/aromatic N) is 2. The van der Waals surface area contributed by atoms with E-state index in [4.69, 9.17) is 4.74 Å². The highest BCUT2D eigenvalue weighted by atomic mass is 16.5. The van der Waals surface area contributed by atoms with Crippen LogP contribution >= 0.6 is 0 Å². The maximum absolute atomic E-state index is 12.8. The molecule has 0 radical (unpaired) electrons. The van der Waals surface area contributed by atoms with Crippen molar-refractivity contribution in [2.45, 2.75) is 20.8 Å². The smallest absolute Gasteiger partial charge is 0.292 e. The summed E-state index contributed by atoms with van der Waals surface area (Å²) in [5, 5.41) is 5.66. The Kier molecular flexibility index (Phi) is 5.93. The summed E-state index contributed by atoms with van der Waals surface area (Å²) < 4.78 is 7.02. The molecule has 1 aromatic carbocycles. The molecule has 0 aliphatic heterocycles. The highest BCUT2D eigenvalue weighted by Crippen LogP contribution is 2.18. The van der Waals surface area contributed by atoms with E-state index in [0.29, 0.717) is 30.3 Å². The van der Waals surface area contributed by atoms with E-state index in [-0.39, 0.29) is 17.4 Å². The number of anilines is 1. The molecule has 2 heterocycles. The van der Waals surface area contributed by atoms with Gasteiger partial charge in [0.25, 0.3) is 11.8 Å². The second kappa shape index (κ2) is 8.56. The van der Waals surface area contributed by atoms with Crippen LogP contribution in [0.15, 0.2) is 48.7 Å². The normalized spacial score (nSPS) is 10.9. The molecule has 0 fully saturated rings. The lowest BCUT2D eigenvalue weighted by atomic mass is 10.2. The van der Waals surface area contributed by atoms with Gasteiger partial charge in [0, 0.05) is 18.4 Å². The summed E-state index contributed by atoms with van der Waals surface area (Å²) in [6, 6.07) is 12.5. The number of hydrogen-bond acceptors (Lipinski definition) is 4. The van der Waals surface area contributed by atoms with Crippen LogP contribution in [0.1, 0.15) is 41.9 Å². The van der Waals surface area contributed by atoms with Crippen LogP contribution in [0.2, 0.25) is 0 Å². The first-order chi connectivity index (χ1) is 13.5. The molecule has 0 atom stereocenters. The van der Waals surface area contributed by atoms with Gasteiger partial charge in [-0.1, -0.05) is 19.9 Å². The summed E-state index contributed by atoms with van der Waals surface area (Å²) >= 11 is 0. The standard InChI is InChI=1S/C21H24N4O3/c1-4-28-16-10-8-15(9-11-16)23-21(27)19-24-18(20(26)22-13-14(2)3)17-7-5-6-12-25(17)19/h5-12,14H,4,13H2,1-3H3,(H,22,26)(H,23,27). The van der Waals surface area contributed by atoms with Crippen LogP contribution in [-0.2, 0) is 0 Å². The second-order valence-electron chi connectivity index (χ2n) is 6.76. The van der Waals surface area contributed by atoms with E-state index >= 15 is 0 Å². The van der Waals surface area contributed by atoms with Gasteiger partial charge < -0.3 is 15.4 Å². The zero-order valence-electron chi connectivity index (χ0n) is 16.2. The molecule has 0 aliphatic rings. The number of rotatable bonds is 7. The lowest BCUT2D eigenvalue weighted by Crippen LogP contribution is -2.27. The lowest BCUT2D eigenvalue weighted by Gasteiger charge is -2.06. The summed E-state index contributed by atoms with van der Waals surface area (Å²) in [5.74, 6) is 0.515. The molecule has 0 saturated carbocycles. The summed E-state index contributed by atoms with van der Waals surface area (Å²) in [7, 11) is 0. The number of aromatic nitrogens is 2. The van der Waals surface area contributed by atoms with Crippen molar-refractivity contribution in [2.75, 3.05) is 18.5 Å². The first-order valence-electron chi connectivity index (χ1n) is 9.29. The third-order valence-electron chi connectivity index (χ3n) is 4.06. The fraction of sp³-hybridized carbons (Fsp3) is 0.286. The predicted molar refractivity (Wildman–Crippen MR) is 108 cm³/mol. The minimum atomic E-state index is -0.395. The molecule has 28 heavy (non-hydrogen) atoms. The van der Waals surface area contributed by atoms with Crippen molar-refractivity contribution in [1.29, 1.82) is 0 Å². The Labute approximate surface area is 163 Å². The van der Waals surface area contributed by atoms with E-state index in [1.807, 2.05) is 26.8 Å². The molecular formula is C21H24N4O3. The van der Waals surface area contributed by atoms with Gasteiger partial charge in [-0.3, -0.25) is 14.0 Å². The summed E-state index contributed by atoms with van der Waals surface area (Å²) in [4.78, 5) is 29.6. The molecule has 2 aromatic heterocycles. The lowest BCUT2D eigenvalue weighted by molar-refractivity contribution is 0.0946. The number of carbonyl (C=O) groups is 2. The van der Waals surface area contributed by atoms with E-state index in [0.717, 1.165) is 5.75 Å². The van der Waals surface area contributed by atoms with Gasteiger partial charge in [-0.25, -0.2) is 4.98 Å². The zero-order valence-corrected chi connectivity index (χ0v) is 16.2. The van der Waals surface area contributed by atoms with Crippen LogP contribution in [0.5, 0.6) is 5.75 Å². The van der Waals surface area contributed by atoms with E-state index in [1.165, 1.54) is 0 Å². The third kappa shape index (κ3) is 4.31. The Bertz CT molecular complexity index is 977. The van der Waals surface area contributed by atoms with Crippen molar-refractivity contribution in [2.24, 2.45) is 5.92 Å². The van der Waals surface area contributed by atoms with Gasteiger partial charge in [-0.05, 0) is 49.2 Å². The Morgan fingerprint density at radius 3 is 2.54 bits per heavy atom. The number of fused-ring (bicyclic) bond motifs is 1. The fourth-order valence-electron chi connectivity index (χ4n) is 2.73.